The number of carbonyl (C=O) groups is 1. The molecule has 1 saturated heterocycles. The summed E-state index contributed by atoms with van der Waals surface area (Å²) in [5.41, 5.74) is 2.81. The molecule has 0 unspecified atom stereocenters. The Balaban J connectivity index is 1.56. The zero-order valence-corrected chi connectivity index (χ0v) is 21.4. The summed E-state index contributed by atoms with van der Waals surface area (Å²) in [5.74, 6) is 1.08. The summed E-state index contributed by atoms with van der Waals surface area (Å²) < 4.78 is 38.5. The summed E-state index contributed by atoms with van der Waals surface area (Å²) >= 11 is 0. The first-order valence-corrected chi connectivity index (χ1v) is 13.6. The molecule has 0 spiro atoms. The fraction of sp³-hybridized carbons (Fsp3) is 0.500. The first kappa shape index (κ1) is 26.0. The molecular formula is C26H36N2O5S. The first-order chi connectivity index (χ1) is 16.2. The van der Waals surface area contributed by atoms with Gasteiger partial charge in [-0.2, -0.15) is 0 Å². The van der Waals surface area contributed by atoms with Gasteiger partial charge in [0.25, 0.3) is 0 Å². The molecule has 0 radical (unpaired) electrons. The number of rotatable bonds is 10. The van der Waals surface area contributed by atoms with Gasteiger partial charge in [0.15, 0.2) is 11.5 Å². The largest absolute Gasteiger partial charge is 0.490 e. The van der Waals surface area contributed by atoms with E-state index in [1.54, 1.807) is 0 Å². The Morgan fingerprint density at radius 1 is 1.03 bits per heavy atom. The van der Waals surface area contributed by atoms with Crippen LogP contribution in [0.4, 0.5) is 0 Å². The van der Waals surface area contributed by atoms with Gasteiger partial charge >= 0.3 is 0 Å². The number of carbonyl (C=O) groups excluding carboxylic acids is 1. The molecule has 7 nitrogen and oxygen atoms in total. The van der Waals surface area contributed by atoms with E-state index in [1.165, 1.54) is 4.31 Å². The predicted octanol–water partition coefficient (Wildman–Crippen LogP) is 4.21. The predicted molar refractivity (Wildman–Crippen MR) is 133 cm³/mol. The Bertz CT molecular complexity index is 1060. The van der Waals surface area contributed by atoms with E-state index in [0.29, 0.717) is 50.6 Å². The van der Waals surface area contributed by atoms with Crippen LogP contribution in [0.25, 0.3) is 0 Å². The lowest BCUT2D eigenvalue weighted by Gasteiger charge is -2.31. The summed E-state index contributed by atoms with van der Waals surface area (Å²) in [6, 6.07) is 13.0. The molecule has 8 heteroatoms. The molecule has 0 saturated carbocycles. The van der Waals surface area contributed by atoms with Gasteiger partial charge in [-0.3, -0.25) is 4.79 Å². The summed E-state index contributed by atoms with van der Waals surface area (Å²) in [4.78, 5) is 12.9. The average Bonchev–Trinajstić information content (AvgIpc) is 2.82. The lowest BCUT2D eigenvalue weighted by atomic mass is 9.96. The molecule has 1 fully saturated rings. The number of piperidine rings is 1. The van der Waals surface area contributed by atoms with Crippen LogP contribution in [-0.4, -0.2) is 44.9 Å². The summed E-state index contributed by atoms with van der Waals surface area (Å²) in [5, 5.41) is 3.08. The van der Waals surface area contributed by atoms with Crippen LogP contribution in [0.2, 0.25) is 0 Å². The minimum absolute atomic E-state index is 0.0128. The van der Waals surface area contributed by atoms with Gasteiger partial charge in [-0.15, -0.1) is 0 Å². The Morgan fingerprint density at radius 2 is 1.65 bits per heavy atom. The summed E-state index contributed by atoms with van der Waals surface area (Å²) in [7, 11) is -3.41. The zero-order valence-electron chi connectivity index (χ0n) is 20.5. The van der Waals surface area contributed by atoms with E-state index in [4.69, 9.17) is 9.47 Å². The quantitative estimate of drug-likeness (QED) is 0.542. The molecule has 1 N–H and O–H groups in total. The molecule has 2 aromatic carbocycles. The standard InChI is InChI=1S/C26H36N2O5S/c1-5-32-24-12-11-23(17-25(24)33-6-2)20(4)27-26(29)22-13-15-28(16-14-22)34(30,31)18-21-9-7-19(3)8-10-21/h7-12,17,20,22H,5-6,13-16,18H2,1-4H3,(H,27,29)/t20-/m1/s1. The van der Waals surface area contributed by atoms with Gasteiger partial charge in [0.2, 0.25) is 15.9 Å². The first-order valence-electron chi connectivity index (χ1n) is 12.0. The van der Waals surface area contributed by atoms with E-state index >= 15 is 0 Å². The maximum Gasteiger partial charge on any atom is 0.223 e. The molecule has 0 aliphatic carbocycles. The molecule has 186 valence electrons. The highest BCUT2D eigenvalue weighted by Crippen LogP contribution is 2.31. The summed E-state index contributed by atoms with van der Waals surface area (Å²) in [6.07, 6.45) is 1.03. The fourth-order valence-corrected chi connectivity index (χ4v) is 5.70. The monoisotopic (exact) mass is 488 g/mol. The van der Waals surface area contributed by atoms with Crippen LogP contribution in [0.15, 0.2) is 42.5 Å². The third kappa shape index (κ3) is 6.73. The van der Waals surface area contributed by atoms with Gasteiger partial charge in [0.1, 0.15) is 0 Å². The number of nitrogens with one attached hydrogen (secondary N) is 1. The van der Waals surface area contributed by atoms with Gasteiger partial charge in [-0.05, 0) is 63.8 Å². The van der Waals surface area contributed by atoms with Crippen LogP contribution in [0.3, 0.4) is 0 Å². The Kier molecular flexibility index (Phi) is 8.97. The van der Waals surface area contributed by atoms with Crippen molar-refractivity contribution in [3.05, 3.63) is 59.2 Å². The van der Waals surface area contributed by atoms with Crippen molar-refractivity contribution < 1.29 is 22.7 Å². The molecule has 2 aromatic rings. The molecule has 1 heterocycles. The normalized spacial score (nSPS) is 16.1. The van der Waals surface area contributed by atoms with Crippen LogP contribution in [-0.2, 0) is 20.6 Å². The van der Waals surface area contributed by atoms with Crippen molar-refractivity contribution in [3.63, 3.8) is 0 Å². The van der Waals surface area contributed by atoms with Crippen molar-refractivity contribution in [2.24, 2.45) is 5.92 Å². The van der Waals surface area contributed by atoms with Crippen molar-refractivity contribution in [3.8, 4) is 11.5 Å². The number of hydrogen-bond acceptors (Lipinski definition) is 5. The number of sulfonamides is 1. The Morgan fingerprint density at radius 3 is 2.26 bits per heavy atom. The Labute approximate surface area is 203 Å². The van der Waals surface area contributed by atoms with E-state index in [2.05, 4.69) is 5.32 Å². The topological polar surface area (TPSA) is 84.9 Å². The molecular weight excluding hydrogens is 452 g/mol. The average molecular weight is 489 g/mol. The van der Waals surface area contributed by atoms with Gasteiger partial charge in [0, 0.05) is 19.0 Å². The highest BCUT2D eigenvalue weighted by molar-refractivity contribution is 7.88. The number of aryl methyl sites for hydroxylation is 1. The molecule has 0 bridgehead atoms. The van der Waals surface area contributed by atoms with Gasteiger partial charge in [-0.25, -0.2) is 12.7 Å². The van der Waals surface area contributed by atoms with Crippen LogP contribution in [0.5, 0.6) is 11.5 Å². The van der Waals surface area contributed by atoms with Gasteiger partial charge in [-0.1, -0.05) is 35.9 Å². The highest BCUT2D eigenvalue weighted by Gasteiger charge is 2.31. The van der Waals surface area contributed by atoms with Crippen molar-refractivity contribution in [1.29, 1.82) is 0 Å². The molecule has 1 aliphatic rings. The maximum absolute atomic E-state index is 12.9. The minimum atomic E-state index is -3.41. The third-order valence-corrected chi connectivity index (χ3v) is 7.96. The molecule has 34 heavy (non-hydrogen) atoms. The minimum Gasteiger partial charge on any atom is -0.490 e. The van der Waals surface area contributed by atoms with E-state index in [1.807, 2.05) is 70.2 Å². The van der Waals surface area contributed by atoms with Crippen LogP contribution in [0.1, 0.15) is 56.3 Å². The molecule has 1 atom stereocenters. The molecule has 1 aliphatic heterocycles. The van der Waals surface area contributed by atoms with Crippen LogP contribution >= 0.6 is 0 Å². The van der Waals surface area contributed by atoms with E-state index in [0.717, 1.165) is 16.7 Å². The summed E-state index contributed by atoms with van der Waals surface area (Å²) in [6.45, 7) is 9.54. The number of nitrogens with zero attached hydrogens (tertiary/aromatic N) is 1. The third-order valence-electron chi connectivity index (χ3n) is 6.11. The Hall–Kier alpha value is -2.58. The van der Waals surface area contributed by atoms with E-state index in [-0.39, 0.29) is 23.6 Å². The van der Waals surface area contributed by atoms with E-state index in [9.17, 15) is 13.2 Å². The zero-order chi connectivity index (χ0) is 24.7. The van der Waals surface area contributed by atoms with Crippen LogP contribution < -0.4 is 14.8 Å². The number of ether oxygens (including phenoxy) is 2. The van der Waals surface area contributed by atoms with Crippen molar-refractivity contribution in [2.75, 3.05) is 26.3 Å². The second kappa shape index (κ2) is 11.7. The van der Waals surface area contributed by atoms with Gasteiger partial charge in [0.05, 0.1) is 25.0 Å². The number of benzene rings is 2. The van der Waals surface area contributed by atoms with Crippen molar-refractivity contribution in [1.82, 2.24) is 9.62 Å². The van der Waals surface area contributed by atoms with Crippen molar-refractivity contribution >= 4 is 15.9 Å². The van der Waals surface area contributed by atoms with E-state index < -0.39 is 10.0 Å². The lowest BCUT2D eigenvalue weighted by Crippen LogP contribution is -2.43. The second-order valence-electron chi connectivity index (χ2n) is 8.72. The number of amides is 1. The smallest absolute Gasteiger partial charge is 0.223 e. The van der Waals surface area contributed by atoms with Gasteiger partial charge < -0.3 is 14.8 Å². The lowest BCUT2D eigenvalue weighted by molar-refractivity contribution is -0.126. The molecule has 1 amide bonds. The van der Waals surface area contributed by atoms with Crippen LogP contribution in [0, 0.1) is 12.8 Å². The molecule has 0 aromatic heterocycles. The van der Waals surface area contributed by atoms with Crippen molar-refractivity contribution in [2.45, 2.75) is 52.3 Å². The SMILES string of the molecule is CCOc1ccc([C@@H](C)NC(=O)C2CCN(S(=O)(=O)Cc3ccc(C)cc3)CC2)cc1OCC. The fourth-order valence-electron chi connectivity index (χ4n) is 4.13. The maximum atomic E-state index is 12.9. The molecule has 3 rings (SSSR count). The number of hydrogen-bond donors (Lipinski definition) is 1. The second-order valence-corrected chi connectivity index (χ2v) is 10.7. The highest BCUT2D eigenvalue weighted by atomic mass is 32.2.